The zero-order valence-electron chi connectivity index (χ0n) is 8.77. The van der Waals surface area contributed by atoms with E-state index in [2.05, 4.69) is 0 Å². The molecule has 1 aliphatic heterocycles. The first-order valence-corrected chi connectivity index (χ1v) is 5.86. The lowest BCUT2D eigenvalue weighted by atomic mass is 9.92. The highest BCUT2D eigenvalue weighted by Crippen LogP contribution is 2.59. The molecule has 0 aromatic rings. The molecule has 1 heterocycles. The first kappa shape index (κ1) is 11.7. The second kappa shape index (κ2) is 3.65. The lowest BCUT2D eigenvalue weighted by Gasteiger charge is -2.26. The van der Waals surface area contributed by atoms with Crippen LogP contribution in [0.15, 0.2) is 0 Å². The molecule has 0 radical (unpaired) electrons. The Kier molecular flexibility index (Phi) is 3.04. The normalized spacial score (nSPS) is 26.3. The third kappa shape index (κ3) is 1.72. The van der Waals surface area contributed by atoms with Gasteiger partial charge in [-0.2, -0.15) is 0 Å². The Morgan fingerprint density at radius 1 is 1.43 bits per heavy atom. The van der Waals surface area contributed by atoms with Crippen LogP contribution in [0.4, 0.5) is 0 Å². The molecule has 0 aromatic carbocycles. The topological polar surface area (TPSA) is 61.8 Å². The van der Waals surface area contributed by atoms with E-state index in [0.717, 1.165) is 0 Å². The van der Waals surface area contributed by atoms with Crippen LogP contribution < -0.4 is 0 Å². The summed E-state index contributed by atoms with van der Waals surface area (Å²) in [6, 6.07) is 0. The summed E-state index contributed by atoms with van der Waals surface area (Å²) in [7, 11) is -0.841. The Hall–Kier alpha value is -0.380. The van der Waals surface area contributed by atoms with Crippen LogP contribution in [-0.2, 0) is 23.1 Å². The van der Waals surface area contributed by atoms with Crippen LogP contribution >= 0.6 is 7.60 Å². The average molecular weight is 222 g/mol. The smallest absolute Gasteiger partial charge is 0.345 e. The summed E-state index contributed by atoms with van der Waals surface area (Å²) in [6.07, 6.45) is 0. The Morgan fingerprint density at radius 2 is 1.93 bits per heavy atom. The van der Waals surface area contributed by atoms with Crippen LogP contribution in [0.2, 0.25) is 0 Å². The molecule has 0 saturated carbocycles. The van der Waals surface area contributed by atoms with Crippen molar-refractivity contribution in [3.8, 4) is 0 Å². The molecule has 0 N–H and O–H groups in total. The fourth-order valence-electron chi connectivity index (χ4n) is 1.58. The highest BCUT2D eigenvalue weighted by Gasteiger charge is 2.55. The van der Waals surface area contributed by atoms with Crippen molar-refractivity contribution in [2.24, 2.45) is 5.41 Å². The number of carbonyl (C=O) groups is 1. The van der Waals surface area contributed by atoms with Gasteiger partial charge < -0.3 is 13.8 Å². The van der Waals surface area contributed by atoms with Gasteiger partial charge in [-0.05, 0) is 0 Å². The van der Waals surface area contributed by atoms with Crippen LogP contribution in [0.3, 0.4) is 0 Å². The van der Waals surface area contributed by atoms with E-state index < -0.39 is 24.6 Å². The molecule has 1 saturated heterocycles. The lowest BCUT2D eigenvalue weighted by molar-refractivity contribution is -0.137. The van der Waals surface area contributed by atoms with E-state index in [-0.39, 0.29) is 6.61 Å². The van der Waals surface area contributed by atoms with E-state index in [0.29, 0.717) is 0 Å². The Balaban J connectivity index is 3.06. The summed E-state index contributed by atoms with van der Waals surface area (Å²) in [4.78, 5) is 11.4. The maximum Gasteiger partial charge on any atom is 0.345 e. The van der Waals surface area contributed by atoms with Crippen LogP contribution in [0.25, 0.3) is 0 Å². The molecule has 1 aliphatic rings. The first-order chi connectivity index (χ1) is 6.37. The molecule has 0 bridgehead atoms. The third-order valence-corrected chi connectivity index (χ3v) is 4.94. The van der Waals surface area contributed by atoms with Crippen molar-refractivity contribution in [2.75, 3.05) is 20.8 Å². The summed E-state index contributed by atoms with van der Waals surface area (Å²) < 4.78 is 26.5. The van der Waals surface area contributed by atoms with E-state index in [4.69, 9.17) is 13.8 Å². The zero-order chi connectivity index (χ0) is 11.0. The number of cyclic esters (lactones) is 1. The molecule has 0 aromatic heterocycles. The molecular formula is C8H15O5P. The molecule has 1 unspecified atom stereocenters. The van der Waals surface area contributed by atoms with Gasteiger partial charge in [-0.1, -0.05) is 13.8 Å². The highest BCUT2D eigenvalue weighted by molar-refractivity contribution is 7.55. The van der Waals surface area contributed by atoms with E-state index in [1.807, 2.05) is 0 Å². The summed E-state index contributed by atoms with van der Waals surface area (Å²) in [5.74, 6) is -0.512. The minimum Gasteiger partial charge on any atom is -0.464 e. The Labute approximate surface area is 83.3 Å². The van der Waals surface area contributed by atoms with E-state index in [1.165, 1.54) is 14.2 Å². The van der Waals surface area contributed by atoms with Crippen molar-refractivity contribution in [3.05, 3.63) is 0 Å². The molecule has 1 fully saturated rings. The molecule has 82 valence electrons. The minimum atomic E-state index is -3.38. The van der Waals surface area contributed by atoms with Crippen LogP contribution in [0, 0.1) is 5.41 Å². The van der Waals surface area contributed by atoms with Crippen molar-refractivity contribution < 1.29 is 23.1 Å². The first-order valence-electron chi connectivity index (χ1n) is 4.25. The number of ether oxygens (including phenoxy) is 1. The van der Waals surface area contributed by atoms with Gasteiger partial charge in [0.05, 0.1) is 6.61 Å². The Morgan fingerprint density at radius 3 is 2.21 bits per heavy atom. The molecule has 1 atom stereocenters. The maximum absolute atomic E-state index is 12.0. The molecular weight excluding hydrogens is 207 g/mol. The van der Waals surface area contributed by atoms with Crippen LogP contribution in [0.5, 0.6) is 0 Å². The standard InChI is InChI=1S/C8H15O5P/c1-8(2)5-13-7(9)6(8)14(10,11-3)12-4/h6H,5H2,1-4H3. The van der Waals surface area contributed by atoms with Crippen LogP contribution in [0.1, 0.15) is 13.8 Å². The Bertz CT molecular complexity index is 277. The maximum atomic E-state index is 12.0. The zero-order valence-corrected chi connectivity index (χ0v) is 9.67. The predicted octanol–water partition coefficient (Wildman–Crippen LogP) is 1.42. The van der Waals surface area contributed by atoms with Crippen molar-refractivity contribution in [3.63, 3.8) is 0 Å². The van der Waals surface area contributed by atoms with Gasteiger partial charge in [-0.15, -0.1) is 0 Å². The molecule has 5 nitrogen and oxygen atoms in total. The second-order valence-corrected chi connectivity index (χ2v) is 6.23. The van der Waals surface area contributed by atoms with Gasteiger partial charge >= 0.3 is 13.6 Å². The van der Waals surface area contributed by atoms with Gasteiger partial charge in [0, 0.05) is 19.6 Å². The van der Waals surface area contributed by atoms with Crippen molar-refractivity contribution in [1.29, 1.82) is 0 Å². The molecule has 0 aliphatic carbocycles. The highest BCUT2D eigenvalue weighted by atomic mass is 31.2. The number of carbonyl (C=O) groups excluding carboxylic acids is 1. The molecule has 1 rings (SSSR count). The largest absolute Gasteiger partial charge is 0.464 e. The number of esters is 1. The average Bonchev–Trinajstić information content (AvgIpc) is 2.40. The third-order valence-electron chi connectivity index (χ3n) is 2.38. The molecule has 14 heavy (non-hydrogen) atoms. The van der Waals surface area contributed by atoms with Gasteiger partial charge in [0.2, 0.25) is 0 Å². The predicted molar refractivity (Wildman–Crippen MR) is 50.2 cm³/mol. The number of rotatable bonds is 3. The van der Waals surface area contributed by atoms with Crippen molar-refractivity contribution in [2.45, 2.75) is 19.5 Å². The van der Waals surface area contributed by atoms with E-state index >= 15 is 0 Å². The van der Waals surface area contributed by atoms with Crippen LogP contribution in [-0.4, -0.2) is 32.5 Å². The van der Waals surface area contributed by atoms with Crippen molar-refractivity contribution in [1.82, 2.24) is 0 Å². The lowest BCUT2D eigenvalue weighted by Crippen LogP contribution is -2.31. The van der Waals surface area contributed by atoms with Gasteiger partial charge in [-0.3, -0.25) is 9.36 Å². The van der Waals surface area contributed by atoms with Gasteiger partial charge in [0.1, 0.15) is 0 Å². The summed E-state index contributed by atoms with van der Waals surface area (Å²) in [6.45, 7) is 3.84. The fraction of sp³-hybridized carbons (Fsp3) is 0.875. The molecule has 0 spiro atoms. The van der Waals surface area contributed by atoms with Gasteiger partial charge in [0.15, 0.2) is 5.66 Å². The fourth-order valence-corrected chi connectivity index (χ4v) is 3.41. The minimum absolute atomic E-state index is 0.243. The van der Waals surface area contributed by atoms with Gasteiger partial charge in [-0.25, -0.2) is 0 Å². The quantitative estimate of drug-likeness (QED) is 0.533. The van der Waals surface area contributed by atoms with Crippen molar-refractivity contribution >= 4 is 13.6 Å². The SMILES string of the molecule is COP(=O)(OC)C1C(=O)OCC1(C)C. The summed E-state index contributed by atoms with van der Waals surface area (Å²) >= 11 is 0. The van der Waals surface area contributed by atoms with E-state index in [9.17, 15) is 9.36 Å². The second-order valence-electron chi connectivity index (χ2n) is 3.90. The van der Waals surface area contributed by atoms with Gasteiger partial charge in [0.25, 0.3) is 0 Å². The van der Waals surface area contributed by atoms with E-state index in [1.54, 1.807) is 13.8 Å². The summed E-state index contributed by atoms with van der Waals surface area (Å²) in [5, 5.41) is 0. The number of hydrogen-bond acceptors (Lipinski definition) is 5. The summed E-state index contributed by atoms with van der Waals surface area (Å²) in [5.41, 5.74) is -1.34. The number of hydrogen-bond donors (Lipinski definition) is 0. The monoisotopic (exact) mass is 222 g/mol. The molecule has 0 amide bonds. The molecule has 6 heteroatoms.